The van der Waals surface area contributed by atoms with E-state index in [1.807, 2.05) is 224 Å². The van der Waals surface area contributed by atoms with E-state index in [0.29, 0.717) is 140 Å². The number of anilines is 4. The number of fused-ring (bicyclic) bond motifs is 5. The molecule has 13 aromatic rings. The van der Waals surface area contributed by atoms with E-state index in [2.05, 4.69) is 90.3 Å². The van der Waals surface area contributed by atoms with Gasteiger partial charge in [0.1, 0.15) is 17.8 Å². The van der Waals surface area contributed by atoms with E-state index >= 15 is 0 Å². The molecule has 28 nitrogen and oxygen atoms in total. The van der Waals surface area contributed by atoms with Crippen LogP contribution in [0.25, 0.3) is 0 Å². The molecule has 0 aliphatic carbocycles. The zero-order valence-electron chi connectivity index (χ0n) is 78.1. The molecule has 0 saturated heterocycles. The average molecular weight is 1900 g/mol. The minimum atomic E-state index is -0.724. The molecule has 16 N–H and O–H groups in total. The number of nitrogens with zero attached hydrogens (tertiary/aromatic N) is 5. The predicted molar refractivity (Wildman–Crippen MR) is 552 cm³/mol. The minimum Gasteiger partial charge on any atom is -0.366 e. The first-order valence-corrected chi connectivity index (χ1v) is 46.7. The Morgan fingerprint density at radius 3 is 1.15 bits per heavy atom. The van der Waals surface area contributed by atoms with E-state index < -0.39 is 41.6 Å². The van der Waals surface area contributed by atoms with Gasteiger partial charge in [-0.15, -0.1) is 0 Å². The van der Waals surface area contributed by atoms with Crippen LogP contribution in [-0.2, 0) is 107 Å². The number of hydrogen-bond donors (Lipinski definition) is 11. The Labute approximate surface area is 825 Å². The third-order valence-electron chi connectivity index (χ3n) is 24.8. The highest BCUT2D eigenvalue weighted by molar-refractivity contribution is 6.46. The molecule has 4 atom stereocenters. The first kappa shape index (κ1) is 102. The van der Waals surface area contributed by atoms with Crippen molar-refractivity contribution in [1.82, 2.24) is 30.2 Å². The lowest BCUT2D eigenvalue weighted by atomic mass is 10.0. The number of urea groups is 1. The summed E-state index contributed by atoms with van der Waals surface area (Å²) in [6.45, 7) is 5.82. The SMILES string of the molecule is C.CCCC(=O)N1Cc2ccc(C(N)=O)cc2NC(=O)C1Cc1ccccc1.NC(=O)c1ccc2c(c1)N=C(c1ccccc1)C(=O)N(CCc1ccccc1)C2.NC(=O)c1ccc2c(c1)NC(=O)C(Cc1ccccc1)N(C(=O)NCc1ccccc1)C2.NC(=O)c1ccc2c(c1)NC(=O)C(Cc1ccccc1)N(CCCc1ccccc1)C2.NC(=O)c1ccc2c(c1)NC(=O)C(Cc1ccccc1)NC2. The lowest BCUT2D eigenvalue weighted by Crippen LogP contribution is -2.50. The van der Waals surface area contributed by atoms with Crippen LogP contribution in [0.15, 0.2) is 339 Å². The van der Waals surface area contributed by atoms with Crippen molar-refractivity contribution >= 4 is 105 Å². The molecule has 28 heteroatoms. The smallest absolute Gasteiger partial charge is 0.318 e. The van der Waals surface area contributed by atoms with Gasteiger partial charge in [0.15, 0.2) is 0 Å². The van der Waals surface area contributed by atoms with Crippen LogP contribution in [0.1, 0.15) is 158 Å². The lowest BCUT2D eigenvalue weighted by molar-refractivity contribution is -0.139. The van der Waals surface area contributed by atoms with Gasteiger partial charge in [-0.05, 0) is 172 Å². The van der Waals surface area contributed by atoms with Crippen LogP contribution < -0.4 is 60.6 Å². The van der Waals surface area contributed by atoms with Crippen LogP contribution in [0.5, 0.6) is 0 Å². The van der Waals surface area contributed by atoms with E-state index in [1.165, 1.54) is 11.1 Å². The van der Waals surface area contributed by atoms with Crippen molar-refractivity contribution in [3.05, 3.63) is 434 Å². The first-order chi connectivity index (χ1) is 68.3. The third kappa shape index (κ3) is 27.9. The monoisotopic (exact) mass is 1900 g/mol. The summed E-state index contributed by atoms with van der Waals surface area (Å²) in [5.74, 6) is -3.57. The highest BCUT2D eigenvalue weighted by atomic mass is 16.2. The van der Waals surface area contributed by atoms with Gasteiger partial charge in [-0.3, -0.25) is 57.6 Å². The van der Waals surface area contributed by atoms with E-state index in [1.54, 1.807) is 82.6 Å². The second kappa shape index (κ2) is 49.8. The summed E-state index contributed by atoms with van der Waals surface area (Å²) in [7, 11) is 0. The van der Waals surface area contributed by atoms with Crippen LogP contribution in [0.2, 0.25) is 0 Å². The highest BCUT2D eigenvalue weighted by Crippen LogP contribution is 2.34. The number of aryl methyl sites for hydroxylation is 1. The van der Waals surface area contributed by atoms with Crippen LogP contribution >= 0.6 is 0 Å². The summed E-state index contributed by atoms with van der Waals surface area (Å²) in [6.07, 6.45) is 5.81. The van der Waals surface area contributed by atoms with Gasteiger partial charge in [0.25, 0.3) is 5.91 Å². The molecule has 0 bridgehead atoms. The normalized spacial score (nSPS) is 15.5. The Kier molecular flexibility index (Phi) is 35.9. The van der Waals surface area contributed by atoms with Crippen molar-refractivity contribution in [2.75, 3.05) is 34.4 Å². The number of amides is 13. The van der Waals surface area contributed by atoms with Crippen molar-refractivity contribution in [3.8, 4) is 0 Å². The number of carbonyl (C=O) groups excluding carboxylic acids is 12. The summed E-state index contributed by atoms with van der Waals surface area (Å²) in [4.78, 5) is 161. The molecule has 13 amide bonds. The van der Waals surface area contributed by atoms with Gasteiger partial charge < -0.3 is 75.3 Å². The second-order valence-electron chi connectivity index (χ2n) is 34.7. The molecule has 4 unspecified atom stereocenters. The molecule has 5 aliphatic rings. The van der Waals surface area contributed by atoms with Crippen LogP contribution in [0.3, 0.4) is 0 Å². The van der Waals surface area contributed by atoms with Crippen molar-refractivity contribution in [1.29, 1.82) is 0 Å². The fourth-order valence-electron chi connectivity index (χ4n) is 17.2. The number of nitrogens with one attached hydrogen (secondary N) is 6. The van der Waals surface area contributed by atoms with E-state index in [4.69, 9.17) is 28.7 Å². The molecular weight excluding hydrogens is 1790 g/mol. The molecule has 0 fully saturated rings. The summed E-state index contributed by atoms with van der Waals surface area (Å²) in [6, 6.07) is 102. The molecule has 0 radical (unpaired) electrons. The molecule has 142 heavy (non-hydrogen) atoms. The fourth-order valence-corrected chi connectivity index (χ4v) is 17.2. The molecular formula is C114H116N16O12. The standard InChI is InChI=1S/C26H27N3O2.C25H24N4O3.C24H21N3O2.C21H23N3O3.C17H17N3O2.CH4/c27-25(30)21-13-14-22-18-29(15-7-12-19-8-3-1-4-9-19)24(26(31)28-23(22)17-21)16-20-10-5-2-6-11-20;26-23(30)19-11-12-20-16-29(25(32)27-15-18-9-5-2-6-10-18)22(24(31)28-21(20)14-19)13-17-7-3-1-4-8-17;25-23(28)19-11-12-20-16-27(14-13-17-7-3-1-4-8-17)24(29)22(26-21(20)15-19)18-9-5-2-6-10-18;1-2-6-19(25)24-13-16-10-9-15(20(22)26)12-17(16)23-21(27)18(24)11-14-7-4-3-5-8-14;18-16(21)12-6-7-13-10-19-15(17(22)20-14(13)9-12)8-11-4-2-1-3-5-11;/h1-6,8-11,13-14,17,24H,7,12,15-16,18H2,(H2,27,30)(H,28,31);1-12,14,22H,13,15-16H2,(H2,26,30)(H,27,32)(H,28,31);1-12,15H,13-14,16H2,(H2,25,28);3-5,7-10,12,18H,2,6,11,13H2,1H3,(H2,22,26)(H,23,27);1-7,9,15,19H,8,10H2,(H2,18,21)(H,20,22);1H4. The van der Waals surface area contributed by atoms with Crippen LogP contribution in [0.4, 0.5) is 33.2 Å². The molecule has 724 valence electrons. The Bertz CT molecular complexity index is 6690. The number of hydrogen-bond acceptors (Lipinski definition) is 15. The molecule has 18 rings (SSSR count). The van der Waals surface area contributed by atoms with Crippen molar-refractivity contribution in [2.45, 2.75) is 136 Å². The zero-order valence-corrected chi connectivity index (χ0v) is 78.1. The van der Waals surface area contributed by atoms with Gasteiger partial charge in [-0.25, -0.2) is 9.79 Å². The van der Waals surface area contributed by atoms with Crippen molar-refractivity contribution in [2.24, 2.45) is 33.7 Å². The van der Waals surface area contributed by atoms with Gasteiger partial charge in [-0.2, -0.15) is 0 Å². The Morgan fingerprint density at radius 1 is 0.359 bits per heavy atom. The van der Waals surface area contributed by atoms with Gasteiger partial charge in [-0.1, -0.05) is 287 Å². The highest BCUT2D eigenvalue weighted by Gasteiger charge is 2.38. The van der Waals surface area contributed by atoms with Gasteiger partial charge in [0.05, 0.1) is 24.3 Å². The Hall–Kier alpha value is -17.1. The third-order valence-corrected chi connectivity index (χ3v) is 24.8. The number of rotatable bonds is 25. The first-order valence-electron chi connectivity index (χ1n) is 46.7. The van der Waals surface area contributed by atoms with Crippen LogP contribution in [0, 0.1) is 0 Å². The van der Waals surface area contributed by atoms with Crippen LogP contribution in [-0.4, -0.2) is 134 Å². The summed E-state index contributed by atoms with van der Waals surface area (Å²) < 4.78 is 0. The quantitative estimate of drug-likeness (QED) is 0.0253. The molecule has 5 heterocycles. The van der Waals surface area contributed by atoms with Gasteiger partial charge >= 0.3 is 6.03 Å². The average Bonchev–Trinajstić information content (AvgIpc) is 1.45. The number of aliphatic imine (C=N–C) groups is 1. The fraction of sp³-hybridized carbons (Fsp3) is 0.202. The number of benzene rings is 13. The Balaban J connectivity index is 0.000000150. The summed E-state index contributed by atoms with van der Waals surface area (Å²) in [5.41, 5.74) is 44.7. The van der Waals surface area contributed by atoms with E-state index in [9.17, 15) is 57.5 Å². The predicted octanol–water partition coefficient (Wildman–Crippen LogP) is 14.9. The summed E-state index contributed by atoms with van der Waals surface area (Å²) in [5, 5.41) is 17.9. The number of primary amides is 5. The second-order valence-corrected chi connectivity index (χ2v) is 34.7. The molecule has 0 aromatic heterocycles. The number of carbonyl (C=O) groups is 12. The van der Waals surface area contributed by atoms with Crippen molar-refractivity contribution < 1.29 is 57.5 Å². The summed E-state index contributed by atoms with van der Waals surface area (Å²) >= 11 is 0. The van der Waals surface area contributed by atoms with E-state index in [-0.39, 0.29) is 67.5 Å². The van der Waals surface area contributed by atoms with Gasteiger partial charge in [0, 0.05) is 115 Å². The topological polar surface area (TPSA) is 432 Å². The molecule has 13 aromatic carbocycles. The molecule has 0 spiro atoms. The Morgan fingerprint density at radius 2 is 0.711 bits per heavy atom. The largest absolute Gasteiger partial charge is 0.366 e. The maximum absolute atomic E-state index is 13.4. The van der Waals surface area contributed by atoms with Gasteiger partial charge in [0.2, 0.25) is 59.1 Å². The maximum atomic E-state index is 13.4. The van der Waals surface area contributed by atoms with Crippen molar-refractivity contribution in [3.63, 3.8) is 0 Å². The molecule has 0 saturated carbocycles. The number of nitrogens with two attached hydrogens (primary N) is 5. The molecule has 5 aliphatic heterocycles. The zero-order chi connectivity index (χ0) is 99.3. The maximum Gasteiger partial charge on any atom is 0.318 e. The minimum absolute atomic E-state index is 0. The lowest BCUT2D eigenvalue weighted by Gasteiger charge is -2.29. The van der Waals surface area contributed by atoms with E-state index in [0.717, 1.165) is 87.0 Å².